The first kappa shape index (κ1) is 24.3. The predicted octanol–water partition coefficient (Wildman–Crippen LogP) is 4.65. The summed E-state index contributed by atoms with van der Waals surface area (Å²) in [6.45, 7) is 12.7. The van der Waals surface area contributed by atoms with E-state index < -0.39 is 0 Å². The Morgan fingerprint density at radius 2 is 1.82 bits per heavy atom. The Bertz CT molecular complexity index is 1050. The lowest BCUT2D eigenvalue weighted by molar-refractivity contribution is 0.0643. The molecule has 2 atom stereocenters. The summed E-state index contributed by atoms with van der Waals surface area (Å²) in [5.41, 5.74) is 5.00. The molecule has 2 heterocycles. The number of methoxy groups -OCH3 is 1. The van der Waals surface area contributed by atoms with Gasteiger partial charge in [-0.15, -0.1) is 0 Å². The van der Waals surface area contributed by atoms with Gasteiger partial charge in [0.1, 0.15) is 0 Å². The molecule has 182 valence electrons. The van der Waals surface area contributed by atoms with E-state index in [1.807, 2.05) is 36.1 Å². The number of carbonyl (C=O) groups excluding carboxylic acids is 1. The third-order valence-corrected chi connectivity index (χ3v) is 6.78. The van der Waals surface area contributed by atoms with Crippen LogP contribution in [0.25, 0.3) is 0 Å². The Hall–Kier alpha value is -2.86. The summed E-state index contributed by atoms with van der Waals surface area (Å²) < 4.78 is 11.6. The summed E-state index contributed by atoms with van der Waals surface area (Å²) in [7, 11) is 1.67. The van der Waals surface area contributed by atoms with Crippen LogP contribution in [0.1, 0.15) is 74.0 Å². The number of benzene rings is 2. The molecule has 2 aromatic rings. The number of hydrogen-bond acceptors (Lipinski definition) is 5. The van der Waals surface area contributed by atoms with Gasteiger partial charge in [0.05, 0.1) is 25.5 Å². The Balaban J connectivity index is 1.74. The van der Waals surface area contributed by atoms with Crippen LogP contribution < -0.4 is 14.8 Å². The third-order valence-electron chi connectivity index (χ3n) is 6.78. The summed E-state index contributed by atoms with van der Waals surface area (Å²) in [5, 5.41) is 3.52. The molecule has 6 nitrogen and oxygen atoms in total. The van der Waals surface area contributed by atoms with Gasteiger partial charge in [0.25, 0.3) is 5.91 Å². The standard InChI is InChI=1S/C28H37N3O3/c1-7-34-26-14-21-22(15-25(26)33-6)27(30-24-12-13-29-16-23(21)24)19-8-10-20(11-9-19)28(32)31(17(2)3)18(4)5/h8-11,14-15,17-18,23-24,29H,7,12-13,16H2,1-6H3/t23-,24-/m0/s1. The first-order chi connectivity index (χ1) is 16.3. The van der Waals surface area contributed by atoms with Gasteiger partial charge in [0.2, 0.25) is 0 Å². The largest absolute Gasteiger partial charge is 0.493 e. The average molecular weight is 464 g/mol. The van der Waals surface area contributed by atoms with E-state index in [4.69, 9.17) is 14.5 Å². The van der Waals surface area contributed by atoms with Gasteiger partial charge < -0.3 is 19.7 Å². The van der Waals surface area contributed by atoms with E-state index in [1.54, 1.807) is 7.11 Å². The van der Waals surface area contributed by atoms with E-state index in [-0.39, 0.29) is 24.0 Å². The highest BCUT2D eigenvalue weighted by molar-refractivity contribution is 6.15. The molecule has 1 amide bonds. The lowest BCUT2D eigenvalue weighted by Crippen LogP contribution is -2.42. The molecule has 0 aromatic heterocycles. The fourth-order valence-electron chi connectivity index (χ4n) is 5.28. The molecule has 2 aliphatic heterocycles. The first-order valence-electron chi connectivity index (χ1n) is 12.4. The predicted molar refractivity (Wildman–Crippen MR) is 137 cm³/mol. The summed E-state index contributed by atoms with van der Waals surface area (Å²) in [4.78, 5) is 20.3. The van der Waals surface area contributed by atoms with E-state index in [2.05, 4.69) is 45.1 Å². The summed E-state index contributed by atoms with van der Waals surface area (Å²) in [6, 6.07) is 12.6. The molecule has 0 bridgehead atoms. The molecule has 0 saturated carbocycles. The van der Waals surface area contributed by atoms with Gasteiger partial charge in [-0.05, 0) is 77.4 Å². The number of nitrogens with zero attached hydrogens (tertiary/aromatic N) is 2. The SMILES string of the molecule is CCOc1cc2c(cc1OC)C(c1ccc(C(=O)N(C(C)C)C(C)C)cc1)=N[C@H]1CCNC[C@@H]21. The zero-order valence-corrected chi connectivity index (χ0v) is 21.2. The van der Waals surface area contributed by atoms with Crippen LogP contribution in [0.5, 0.6) is 11.5 Å². The molecule has 4 rings (SSSR count). The second kappa shape index (κ2) is 10.2. The summed E-state index contributed by atoms with van der Waals surface area (Å²) in [6.07, 6.45) is 0.998. The number of amides is 1. The van der Waals surface area contributed by atoms with Crippen LogP contribution in [0.4, 0.5) is 0 Å². The van der Waals surface area contributed by atoms with E-state index in [0.29, 0.717) is 23.8 Å². The minimum absolute atomic E-state index is 0.0592. The minimum atomic E-state index is 0.0592. The molecule has 6 heteroatoms. The Kier molecular flexibility index (Phi) is 7.27. The highest BCUT2D eigenvalue weighted by Crippen LogP contribution is 2.41. The summed E-state index contributed by atoms with van der Waals surface area (Å²) >= 11 is 0. The van der Waals surface area contributed by atoms with Crippen LogP contribution in [-0.2, 0) is 0 Å². The van der Waals surface area contributed by atoms with Gasteiger partial charge in [0.15, 0.2) is 11.5 Å². The van der Waals surface area contributed by atoms with Crippen molar-refractivity contribution in [3.63, 3.8) is 0 Å². The van der Waals surface area contributed by atoms with Crippen LogP contribution in [0.3, 0.4) is 0 Å². The third kappa shape index (κ3) is 4.56. The second-order valence-electron chi connectivity index (χ2n) is 9.64. The maximum absolute atomic E-state index is 13.1. The van der Waals surface area contributed by atoms with Crippen LogP contribution in [-0.4, -0.2) is 61.5 Å². The van der Waals surface area contributed by atoms with Gasteiger partial charge in [0, 0.05) is 41.2 Å². The number of fused-ring (bicyclic) bond motifs is 3. The van der Waals surface area contributed by atoms with Crippen molar-refractivity contribution < 1.29 is 14.3 Å². The normalized spacial score (nSPS) is 19.4. The van der Waals surface area contributed by atoms with Crippen LogP contribution in [0.2, 0.25) is 0 Å². The fraction of sp³-hybridized carbons (Fsp3) is 0.500. The maximum Gasteiger partial charge on any atom is 0.254 e. The second-order valence-corrected chi connectivity index (χ2v) is 9.64. The van der Waals surface area contributed by atoms with Gasteiger partial charge in [-0.2, -0.15) is 0 Å². The molecule has 2 aromatic carbocycles. The molecule has 34 heavy (non-hydrogen) atoms. The van der Waals surface area contributed by atoms with Crippen LogP contribution >= 0.6 is 0 Å². The smallest absolute Gasteiger partial charge is 0.254 e. The van der Waals surface area contributed by atoms with Crippen molar-refractivity contribution >= 4 is 11.6 Å². The van der Waals surface area contributed by atoms with E-state index in [0.717, 1.165) is 42.1 Å². The van der Waals surface area contributed by atoms with Crippen molar-refractivity contribution in [1.29, 1.82) is 0 Å². The number of nitrogens with one attached hydrogen (secondary N) is 1. The highest BCUT2D eigenvalue weighted by atomic mass is 16.5. The van der Waals surface area contributed by atoms with E-state index >= 15 is 0 Å². The van der Waals surface area contributed by atoms with Crippen molar-refractivity contribution in [1.82, 2.24) is 10.2 Å². The number of ether oxygens (including phenoxy) is 2. The van der Waals surface area contributed by atoms with Gasteiger partial charge in [-0.3, -0.25) is 9.79 Å². The number of piperidine rings is 1. The van der Waals surface area contributed by atoms with Gasteiger partial charge in [-0.1, -0.05) is 12.1 Å². The molecular weight excluding hydrogens is 426 g/mol. The van der Waals surface area contributed by atoms with Crippen molar-refractivity contribution in [2.45, 2.75) is 65.1 Å². The van der Waals surface area contributed by atoms with Crippen molar-refractivity contribution in [3.8, 4) is 11.5 Å². The first-order valence-corrected chi connectivity index (χ1v) is 12.4. The quantitative estimate of drug-likeness (QED) is 0.649. The van der Waals surface area contributed by atoms with Crippen molar-refractivity contribution in [2.75, 3.05) is 26.8 Å². The zero-order chi connectivity index (χ0) is 24.4. The fourth-order valence-corrected chi connectivity index (χ4v) is 5.28. The van der Waals surface area contributed by atoms with Gasteiger partial charge in [-0.25, -0.2) is 0 Å². The zero-order valence-electron chi connectivity index (χ0n) is 21.2. The minimum Gasteiger partial charge on any atom is -0.493 e. The maximum atomic E-state index is 13.1. The summed E-state index contributed by atoms with van der Waals surface area (Å²) in [5.74, 6) is 1.86. The van der Waals surface area contributed by atoms with Crippen LogP contribution in [0, 0.1) is 0 Å². The molecule has 0 unspecified atom stereocenters. The molecule has 2 aliphatic rings. The van der Waals surface area contributed by atoms with Crippen LogP contribution in [0.15, 0.2) is 41.4 Å². The van der Waals surface area contributed by atoms with E-state index in [9.17, 15) is 4.79 Å². The van der Waals surface area contributed by atoms with Crippen molar-refractivity contribution in [2.24, 2.45) is 4.99 Å². The topological polar surface area (TPSA) is 63.2 Å². The Morgan fingerprint density at radius 1 is 1.12 bits per heavy atom. The van der Waals surface area contributed by atoms with Crippen molar-refractivity contribution in [3.05, 3.63) is 58.7 Å². The number of aliphatic imine (C=N–C) groups is 1. The molecular formula is C28H37N3O3. The number of carbonyl (C=O) groups is 1. The Labute approximate surface area is 203 Å². The monoisotopic (exact) mass is 463 g/mol. The molecule has 1 fully saturated rings. The average Bonchev–Trinajstić information content (AvgIpc) is 2.83. The number of hydrogen-bond donors (Lipinski definition) is 1. The lowest BCUT2D eigenvalue weighted by Gasteiger charge is -2.36. The molecule has 1 saturated heterocycles. The van der Waals surface area contributed by atoms with E-state index in [1.165, 1.54) is 5.56 Å². The molecule has 0 spiro atoms. The van der Waals surface area contributed by atoms with Gasteiger partial charge >= 0.3 is 0 Å². The Morgan fingerprint density at radius 3 is 2.44 bits per heavy atom. The number of rotatable bonds is 7. The molecule has 0 radical (unpaired) electrons. The molecule has 0 aliphatic carbocycles. The molecule has 1 N–H and O–H groups in total. The lowest BCUT2D eigenvalue weighted by atomic mass is 9.79. The highest BCUT2D eigenvalue weighted by Gasteiger charge is 2.34.